The van der Waals surface area contributed by atoms with Crippen LogP contribution in [0.2, 0.25) is 0 Å². The van der Waals surface area contributed by atoms with Gasteiger partial charge in [-0.25, -0.2) is 0 Å². The maximum atomic E-state index is 5.89. The van der Waals surface area contributed by atoms with Gasteiger partial charge >= 0.3 is 0 Å². The van der Waals surface area contributed by atoms with Crippen molar-refractivity contribution in [2.75, 3.05) is 38.6 Å². The van der Waals surface area contributed by atoms with E-state index >= 15 is 0 Å². The molecule has 2 fully saturated rings. The number of hydrogen-bond donors (Lipinski definition) is 0. The SMILES string of the molecule is c1cc2c(cc1SCCN1CC3CCC(C1)O3)OCCCO2. The molecule has 3 aliphatic rings. The van der Waals surface area contributed by atoms with E-state index in [1.807, 2.05) is 17.8 Å². The summed E-state index contributed by atoms with van der Waals surface area (Å²) in [5.74, 6) is 2.89. The first-order chi connectivity index (χ1) is 10.9. The van der Waals surface area contributed by atoms with Gasteiger partial charge in [0, 0.05) is 36.7 Å². The molecule has 0 aliphatic carbocycles. The molecule has 120 valence electrons. The third-order valence-electron chi connectivity index (χ3n) is 4.51. The highest BCUT2D eigenvalue weighted by Gasteiger charge is 2.33. The lowest BCUT2D eigenvalue weighted by Gasteiger charge is -2.31. The van der Waals surface area contributed by atoms with E-state index in [2.05, 4.69) is 17.0 Å². The number of hydrogen-bond acceptors (Lipinski definition) is 5. The minimum Gasteiger partial charge on any atom is -0.490 e. The molecule has 3 heterocycles. The van der Waals surface area contributed by atoms with Crippen LogP contribution >= 0.6 is 11.8 Å². The fourth-order valence-corrected chi connectivity index (χ4v) is 4.35. The van der Waals surface area contributed by atoms with E-state index in [0.29, 0.717) is 12.2 Å². The zero-order valence-corrected chi connectivity index (χ0v) is 13.6. The molecule has 1 aromatic carbocycles. The second-order valence-corrected chi connectivity index (χ2v) is 7.39. The highest BCUT2D eigenvalue weighted by molar-refractivity contribution is 7.99. The second-order valence-electron chi connectivity index (χ2n) is 6.22. The Hall–Kier alpha value is -0.910. The minimum absolute atomic E-state index is 0.488. The number of ether oxygens (including phenoxy) is 3. The molecule has 0 spiro atoms. The van der Waals surface area contributed by atoms with Crippen LogP contribution in [0.1, 0.15) is 19.3 Å². The van der Waals surface area contributed by atoms with Crippen LogP contribution in [0.5, 0.6) is 11.5 Å². The van der Waals surface area contributed by atoms with Crippen LogP contribution < -0.4 is 9.47 Å². The van der Waals surface area contributed by atoms with E-state index in [1.54, 1.807) is 0 Å². The van der Waals surface area contributed by atoms with Crippen molar-refractivity contribution in [1.82, 2.24) is 4.90 Å². The predicted octanol–water partition coefficient (Wildman–Crippen LogP) is 2.80. The molecular weight excluding hydrogens is 298 g/mol. The van der Waals surface area contributed by atoms with Gasteiger partial charge in [0.15, 0.2) is 11.5 Å². The molecule has 5 heteroatoms. The van der Waals surface area contributed by atoms with Crippen LogP contribution in [0.15, 0.2) is 23.1 Å². The van der Waals surface area contributed by atoms with Gasteiger partial charge in [0.05, 0.1) is 25.4 Å². The monoisotopic (exact) mass is 321 g/mol. The standard InChI is InChI=1S/C17H23NO3S/c1-7-19-16-5-4-15(10-17(16)20-8-1)22-9-6-18-11-13-2-3-14(12-18)21-13/h4-5,10,13-14H,1-3,6-9,11-12H2. The molecule has 22 heavy (non-hydrogen) atoms. The first-order valence-electron chi connectivity index (χ1n) is 8.27. The number of morpholine rings is 1. The van der Waals surface area contributed by atoms with E-state index < -0.39 is 0 Å². The van der Waals surface area contributed by atoms with Gasteiger partial charge in [-0.15, -0.1) is 11.8 Å². The number of nitrogens with zero attached hydrogens (tertiary/aromatic N) is 1. The van der Waals surface area contributed by atoms with Gasteiger partial charge in [0.25, 0.3) is 0 Å². The average molecular weight is 321 g/mol. The van der Waals surface area contributed by atoms with Crippen LogP contribution in [-0.4, -0.2) is 55.7 Å². The van der Waals surface area contributed by atoms with Crippen molar-refractivity contribution in [2.24, 2.45) is 0 Å². The summed E-state index contributed by atoms with van der Waals surface area (Å²) in [4.78, 5) is 3.82. The first kappa shape index (κ1) is 14.7. The summed E-state index contributed by atoms with van der Waals surface area (Å²) in [6.07, 6.45) is 4.42. The van der Waals surface area contributed by atoms with E-state index in [-0.39, 0.29) is 0 Å². The van der Waals surface area contributed by atoms with Gasteiger partial charge in [-0.3, -0.25) is 4.90 Å². The first-order valence-corrected chi connectivity index (χ1v) is 9.26. The molecule has 0 radical (unpaired) electrons. The molecule has 4 nitrogen and oxygen atoms in total. The topological polar surface area (TPSA) is 30.9 Å². The zero-order chi connectivity index (χ0) is 14.8. The molecule has 0 saturated carbocycles. The summed E-state index contributed by atoms with van der Waals surface area (Å²) in [7, 11) is 0. The Morgan fingerprint density at radius 2 is 1.82 bits per heavy atom. The summed E-state index contributed by atoms with van der Waals surface area (Å²) in [5.41, 5.74) is 0. The average Bonchev–Trinajstić information content (AvgIpc) is 2.74. The Bertz CT molecular complexity index is 513. The lowest BCUT2D eigenvalue weighted by molar-refractivity contribution is -0.0360. The Labute approximate surface area is 136 Å². The lowest BCUT2D eigenvalue weighted by Crippen LogP contribution is -2.43. The smallest absolute Gasteiger partial charge is 0.162 e. The zero-order valence-electron chi connectivity index (χ0n) is 12.8. The molecule has 2 bridgehead atoms. The molecule has 0 N–H and O–H groups in total. The minimum atomic E-state index is 0.488. The Morgan fingerprint density at radius 1 is 1.05 bits per heavy atom. The van der Waals surface area contributed by atoms with Crippen molar-refractivity contribution < 1.29 is 14.2 Å². The summed E-state index contributed by atoms with van der Waals surface area (Å²) >= 11 is 1.90. The van der Waals surface area contributed by atoms with Crippen LogP contribution in [0, 0.1) is 0 Å². The van der Waals surface area contributed by atoms with Crippen molar-refractivity contribution in [3.8, 4) is 11.5 Å². The predicted molar refractivity (Wildman–Crippen MR) is 87.1 cm³/mol. The van der Waals surface area contributed by atoms with Gasteiger partial charge in [-0.1, -0.05) is 0 Å². The van der Waals surface area contributed by atoms with Gasteiger partial charge in [0.1, 0.15) is 0 Å². The van der Waals surface area contributed by atoms with Gasteiger partial charge < -0.3 is 14.2 Å². The fourth-order valence-electron chi connectivity index (χ4n) is 3.41. The maximum Gasteiger partial charge on any atom is 0.162 e. The number of fused-ring (bicyclic) bond motifs is 3. The van der Waals surface area contributed by atoms with Crippen LogP contribution in [0.4, 0.5) is 0 Å². The number of likely N-dealkylation sites (tertiary alicyclic amines) is 1. The highest BCUT2D eigenvalue weighted by atomic mass is 32.2. The lowest BCUT2D eigenvalue weighted by atomic mass is 10.2. The van der Waals surface area contributed by atoms with E-state index in [9.17, 15) is 0 Å². The summed E-state index contributed by atoms with van der Waals surface area (Å²) < 4.78 is 17.3. The molecule has 1 aromatic rings. The summed E-state index contributed by atoms with van der Waals surface area (Å²) in [6, 6.07) is 6.30. The quantitative estimate of drug-likeness (QED) is 0.796. The second kappa shape index (κ2) is 6.69. The van der Waals surface area contributed by atoms with Crippen LogP contribution in [0.3, 0.4) is 0 Å². The van der Waals surface area contributed by atoms with Crippen molar-refractivity contribution >= 4 is 11.8 Å². The van der Waals surface area contributed by atoms with E-state index in [1.165, 1.54) is 17.7 Å². The van der Waals surface area contributed by atoms with Gasteiger partial charge in [0.2, 0.25) is 0 Å². The number of benzene rings is 1. The number of thioether (sulfide) groups is 1. The van der Waals surface area contributed by atoms with Crippen LogP contribution in [-0.2, 0) is 4.74 Å². The number of rotatable bonds is 4. The van der Waals surface area contributed by atoms with Gasteiger partial charge in [-0.05, 0) is 31.0 Å². The summed E-state index contributed by atoms with van der Waals surface area (Å²) in [6.45, 7) is 4.85. The molecular formula is C17H23NO3S. The van der Waals surface area contributed by atoms with Crippen LogP contribution in [0.25, 0.3) is 0 Å². The molecule has 2 atom stereocenters. The normalized spacial score (nSPS) is 27.6. The van der Waals surface area contributed by atoms with E-state index in [4.69, 9.17) is 14.2 Å². The van der Waals surface area contributed by atoms with E-state index in [0.717, 1.165) is 56.5 Å². The molecule has 2 saturated heterocycles. The fraction of sp³-hybridized carbons (Fsp3) is 0.647. The van der Waals surface area contributed by atoms with Crippen molar-refractivity contribution in [3.05, 3.63) is 18.2 Å². The Kier molecular flexibility index (Phi) is 4.46. The molecule has 3 aliphatic heterocycles. The summed E-state index contributed by atoms with van der Waals surface area (Å²) in [5, 5.41) is 0. The highest BCUT2D eigenvalue weighted by Crippen LogP contribution is 2.34. The Morgan fingerprint density at radius 3 is 2.64 bits per heavy atom. The van der Waals surface area contributed by atoms with Gasteiger partial charge in [-0.2, -0.15) is 0 Å². The molecule has 0 amide bonds. The van der Waals surface area contributed by atoms with Crippen molar-refractivity contribution in [1.29, 1.82) is 0 Å². The maximum absolute atomic E-state index is 5.89. The molecule has 0 aromatic heterocycles. The molecule has 4 rings (SSSR count). The third-order valence-corrected chi connectivity index (χ3v) is 5.49. The van der Waals surface area contributed by atoms with Crippen molar-refractivity contribution in [3.63, 3.8) is 0 Å². The third kappa shape index (κ3) is 3.36. The Balaban J connectivity index is 1.29. The largest absolute Gasteiger partial charge is 0.490 e. The molecule has 2 unspecified atom stereocenters. The van der Waals surface area contributed by atoms with Crippen molar-refractivity contribution in [2.45, 2.75) is 36.4 Å².